The third-order valence-corrected chi connectivity index (χ3v) is 3.76. The minimum Gasteiger partial charge on any atom is -0.399 e. The Morgan fingerprint density at radius 1 is 1.40 bits per heavy atom. The van der Waals surface area contributed by atoms with E-state index in [1.165, 1.54) is 0 Å². The summed E-state index contributed by atoms with van der Waals surface area (Å²) in [6.07, 6.45) is 2.49. The molecule has 0 aromatic heterocycles. The molecule has 5 heteroatoms. The molecule has 110 valence electrons. The predicted molar refractivity (Wildman–Crippen MR) is 80.4 cm³/mol. The number of hydrogen-bond acceptors (Lipinski definition) is 4. The number of rotatable bonds is 6. The number of nitrogen functional groups attached to an aromatic ring is 1. The number of benzene rings is 1. The maximum Gasteiger partial charge on any atom is 0.225 e. The van der Waals surface area contributed by atoms with Crippen molar-refractivity contribution in [2.24, 2.45) is 5.92 Å². The molecule has 1 aliphatic rings. The van der Waals surface area contributed by atoms with Gasteiger partial charge in [0.05, 0.1) is 0 Å². The molecular weight excluding hydrogens is 254 g/mol. The molecule has 1 fully saturated rings. The second kappa shape index (κ2) is 7.26. The van der Waals surface area contributed by atoms with Gasteiger partial charge in [0.1, 0.15) is 0 Å². The summed E-state index contributed by atoms with van der Waals surface area (Å²) in [7, 11) is 0. The molecule has 1 saturated heterocycles. The molecule has 1 atom stereocenters. The fourth-order valence-electron chi connectivity index (χ4n) is 2.58. The van der Waals surface area contributed by atoms with Crippen LogP contribution in [-0.4, -0.2) is 42.2 Å². The Balaban J connectivity index is 1.69. The first-order valence-electron chi connectivity index (χ1n) is 7.16. The minimum atomic E-state index is 0.0281. The van der Waals surface area contributed by atoms with E-state index in [1.807, 2.05) is 0 Å². The van der Waals surface area contributed by atoms with E-state index in [9.17, 15) is 4.79 Å². The smallest absolute Gasteiger partial charge is 0.225 e. The standard InChI is InChI=1S/C15H23N3O2/c16-13-1-3-14(4-2-13)17-15(20)6-9-18-8-5-12(11-18)7-10-19/h1-4,12,19H,5-11,16H2,(H,17,20). The van der Waals surface area contributed by atoms with Gasteiger partial charge in [0.15, 0.2) is 0 Å². The Bertz CT molecular complexity index is 433. The molecule has 2 rings (SSSR count). The monoisotopic (exact) mass is 277 g/mol. The zero-order chi connectivity index (χ0) is 14.4. The largest absolute Gasteiger partial charge is 0.399 e. The zero-order valence-electron chi connectivity index (χ0n) is 11.7. The van der Waals surface area contributed by atoms with Gasteiger partial charge in [0.25, 0.3) is 0 Å². The summed E-state index contributed by atoms with van der Waals surface area (Å²) in [4.78, 5) is 14.1. The number of nitrogens with zero attached hydrogens (tertiary/aromatic N) is 1. The molecule has 1 amide bonds. The van der Waals surface area contributed by atoms with Gasteiger partial charge in [-0.15, -0.1) is 0 Å². The number of likely N-dealkylation sites (tertiary alicyclic amines) is 1. The molecule has 0 aliphatic carbocycles. The van der Waals surface area contributed by atoms with Crippen molar-refractivity contribution in [3.8, 4) is 0 Å². The van der Waals surface area contributed by atoms with Gasteiger partial charge in [-0.25, -0.2) is 0 Å². The van der Waals surface area contributed by atoms with Gasteiger partial charge < -0.3 is 21.1 Å². The number of carbonyl (C=O) groups excluding carboxylic acids is 1. The molecular formula is C15H23N3O2. The van der Waals surface area contributed by atoms with Crippen molar-refractivity contribution in [2.75, 3.05) is 37.3 Å². The van der Waals surface area contributed by atoms with Crippen molar-refractivity contribution in [1.29, 1.82) is 0 Å². The maximum absolute atomic E-state index is 11.9. The lowest BCUT2D eigenvalue weighted by Crippen LogP contribution is -2.26. The van der Waals surface area contributed by atoms with E-state index in [-0.39, 0.29) is 12.5 Å². The van der Waals surface area contributed by atoms with Crippen LogP contribution in [0.15, 0.2) is 24.3 Å². The summed E-state index contributed by atoms with van der Waals surface area (Å²) in [5.41, 5.74) is 7.07. The highest BCUT2D eigenvalue weighted by atomic mass is 16.3. The molecule has 1 aromatic rings. The maximum atomic E-state index is 11.9. The summed E-state index contributed by atoms with van der Waals surface area (Å²) >= 11 is 0. The molecule has 1 aliphatic heterocycles. The molecule has 20 heavy (non-hydrogen) atoms. The lowest BCUT2D eigenvalue weighted by atomic mass is 10.1. The Labute approximate surface area is 119 Å². The van der Waals surface area contributed by atoms with Gasteiger partial charge in [0, 0.05) is 37.5 Å². The van der Waals surface area contributed by atoms with Crippen molar-refractivity contribution in [1.82, 2.24) is 4.90 Å². The van der Waals surface area contributed by atoms with Gasteiger partial charge in [-0.1, -0.05) is 0 Å². The zero-order valence-corrected chi connectivity index (χ0v) is 11.7. The normalized spacial score (nSPS) is 19.1. The summed E-state index contributed by atoms with van der Waals surface area (Å²) in [6, 6.07) is 7.16. The number of aliphatic hydroxyl groups excluding tert-OH is 1. The first-order valence-corrected chi connectivity index (χ1v) is 7.16. The first-order chi connectivity index (χ1) is 9.67. The Kier molecular flexibility index (Phi) is 5.38. The summed E-state index contributed by atoms with van der Waals surface area (Å²) < 4.78 is 0. The van der Waals surface area contributed by atoms with Crippen LogP contribution in [-0.2, 0) is 4.79 Å². The highest BCUT2D eigenvalue weighted by Gasteiger charge is 2.21. The van der Waals surface area contributed by atoms with Crippen molar-refractivity contribution >= 4 is 17.3 Å². The number of aliphatic hydroxyl groups is 1. The fraction of sp³-hybridized carbons (Fsp3) is 0.533. The SMILES string of the molecule is Nc1ccc(NC(=O)CCN2CCC(CCO)C2)cc1. The number of amides is 1. The van der Waals surface area contributed by atoms with E-state index < -0.39 is 0 Å². The molecule has 1 heterocycles. The quantitative estimate of drug-likeness (QED) is 0.685. The second-order valence-electron chi connectivity index (χ2n) is 5.39. The molecule has 0 bridgehead atoms. The highest BCUT2D eigenvalue weighted by Crippen LogP contribution is 2.19. The molecule has 1 aromatic carbocycles. The van der Waals surface area contributed by atoms with E-state index in [0.29, 0.717) is 18.0 Å². The molecule has 4 N–H and O–H groups in total. The van der Waals surface area contributed by atoms with Crippen molar-refractivity contribution in [3.63, 3.8) is 0 Å². The van der Waals surface area contributed by atoms with Crippen LogP contribution in [0, 0.1) is 5.92 Å². The molecule has 0 radical (unpaired) electrons. The number of hydrogen-bond donors (Lipinski definition) is 3. The third kappa shape index (κ3) is 4.51. The van der Waals surface area contributed by atoms with Crippen molar-refractivity contribution in [3.05, 3.63) is 24.3 Å². The van der Waals surface area contributed by atoms with E-state index in [1.54, 1.807) is 24.3 Å². The van der Waals surface area contributed by atoms with Crippen LogP contribution >= 0.6 is 0 Å². The van der Waals surface area contributed by atoms with E-state index in [2.05, 4.69) is 10.2 Å². The van der Waals surface area contributed by atoms with Crippen LogP contribution in [0.4, 0.5) is 11.4 Å². The molecule has 1 unspecified atom stereocenters. The number of carbonyl (C=O) groups is 1. The van der Waals surface area contributed by atoms with Crippen LogP contribution in [0.3, 0.4) is 0 Å². The molecule has 0 spiro atoms. The second-order valence-corrected chi connectivity index (χ2v) is 5.39. The number of anilines is 2. The minimum absolute atomic E-state index is 0.0281. The molecule has 0 saturated carbocycles. The van der Waals surface area contributed by atoms with E-state index >= 15 is 0 Å². The van der Waals surface area contributed by atoms with Crippen LogP contribution in [0.25, 0.3) is 0 Å². The summed E-state index contributed by atoms with van der Waals surface area (Å²) in [5, 5.41) is 11.8. The first kappa shape index (κ1) is 14.8. The fourth-order valence-corrected chi connectivity index (χ4v) is 2.58. The van der Waals surface area contributed by atoms with Gasteiger partial charge in [-0.05, 0) is 49.6 Å². The Hall–Kier alpha value is -1.59. The summed E-state index contributed by atoms with van der Waals surface area (Å²) in [6.45, 7) is 3.06. The Morgan fingerprint density at radius 2 is 2.15 bits per heavy atom. The van der Waals surface area contributed by atoms with Crippen LogP contribution < -0.4 is 11.1 Å². The van der Waals surface area contributed by atoms with Crippen molar-refractivity contribution in [2.45, 2.75) is 19.3 Å². The number of nitrogens with two attached hydrogens (primary N) is 1. The van der Waals surface area contributed by atoms with Gasteiger partial charge in [-0.2, -0.15) is 0 Å². The van der Waals surface area contributed by atoms with Gasteiger partial charge in [0.2, 0.25) is 5.91 Å². The average Bonchev–Trinajstić information content (AvgIpc) is 2.87. The predicted octanol–water partition coefficient (Wildman–Crippen LogP) is 1.30. The summed E-state index contributed by atoms with van der Waals surface area (Å²) in [5.74, 6) is 0.612. The van der Waals surface area contributed by atoms with Gasteiger partial charge >= 0.3 is 0 Å². The Morgan fingerprint density at radius 3 is 2.85 bits per heavy atom. The third-order valence-electron chi connectivity index (χ3n) is 3.76. The molecule has 5 nitrogen and oxygen atoms in total. The van der Waals surface area contributed by atoms with Crippen LogP contribution in [0.1, 0.15) is 19.3 Å². The van der Waals surface area contributed by atoms with E-state index in [4.69, 9.17) is 10.8 Å². The van der Waals surface area contributed by atoms with E-state index in [0.717, 1.165) is 38.2 Å². The highest BCUT2D eigenvalue weighted by molar-refractivity contribution is 5.90. The van der Waals surface area contributed by atoms with Crippen LogP contribution in [0.5, 0.6) is 0 Å². The topological polar surface area (TPSA) is 78.6 Å². The van der Waals surface area contributed by atoms with Crippen LogP contribution in [0.2, 0.25) is 0 Å². The van der Waals surface area contributed by atoms with Crippen molar-refractivity contribution < 1.29 is 9.90 Å². The van der Waals surface area contributed by atoms with Gasteiger partial charge in [-0.3, -0.25) is 4.79 Å². The number of nitrogens with one attached hydrogen (secondary N) is 1. The average molecular weight is 277 g/mol. The lowest BCUT2D eigenvalue weighted by molar-refractivity contribution is -0.116. The lowest BCUT2D eigenvalue weighted by Gasteiger charge is -2.15.